The van der Waals surface area contributed by atoms with Crippen molar-refractivity contribution in [3.63, 3.8) is 0 Å². The van der Waals surface area contributed by atoms with Crippen LogP contribution in [-0.2, 0) is 0 Å². The molecule has 0 saturated heterocycles. The molecule has 0 aliphatic carbocycles. The van der Waals surface area contributed by atoms with Crippen LogP contribution >= 0.6 is 0 Å². The SMILES string of the molecule is C(=Nc1ccccc1)c1ccc2ncccc2c1. The molecule has 0 bridgehead atoms. The van der Waals surface area contributed by atoms with Crippen LogP contribution in [0.15, 0.2) is 71.9 Å². The van der Waals surface area contributed by atoms with Gasteiger partial charge in [-0.2, -0.15) is 0 Å². The topological polar surface area (TPSA) is 25.2 Å². The summed E-state index contributed by atoms with van der Waals surface area (Å²) in [7, 11) is 0. The highest BCUT2D eigenvalue weighted by molar-refractivity contribution is 5.89. The van der Waals surface area contributed by atoms with Gasteiger partial charge in [-0.1, -0.05) is 30.3 Å². The predicted molar refractivity (Wildman–Crippen MR) is 75.4 cm³/mol. The second kappa shape index (κ2) is 4.80. The highest BCUT2D eigenvalue weighted by atomic mass is 14.7. The van der Waals surface area contributed by atoms with Crippen molar-refractivity contribution in [3.8, 4) is 0 Å². The van der Waals surface area contributed by atoms with Crippen LogP contribution in [0.4, 0.5) is 5.69 Å². The number of nitrogens with zero attached hydrogens (tertiary/aromatic N) is 2. The Morgan fingerprint density at radius 2 is 1.78 bits per heavy atom. The van der Waals surface area contributed by atoms with Gasteiger partial charge in [-0.05, 0) is 35.9 Å². The van der Waals surface area contributed by atoms with Gasteiger partial charge >= 0.3 is 0 Å². The lowest BCUT2D eigenvalue weighted by Gasteiger charge is -1.98. The van der Waals surface area contributed by atoms with E-state index in [1.165, 1.54) is 0 Å². The van der Waals surface area contributed by atoms with Crippen molar-refractivity contribution in [1.29, 1.82) is 0 Å². The zero-order valence-corrected chi connectivity index (χ0v) is 9.82. The van der Waals surface area contributed by atoms with Crippen LogP contribution in [0.5, 0.6) is 0 Å². The Morgan fingerprint density at radius 3 is 2.67 bits per heavy atom. The maximum atomic E-state index is 4.44. The fraction of sp³-hybridized carbons (Fsp3) is 0. The molecule has 86 valence electrons. The molecule has 0 aliphatic rings. The van der Waals surface area contributed by atoms with Gasteiger partial charge in [-0.25, -0.2) is 0 Å². The minimum Gasteiger partial charge on any atom is -0.256 e. The molecule has 0 fully saturated rings. The second-order valence-corrected chi connectivity index (χ2v) is 4.05. The summed E-state index contributed by atoms with van der Waals surface area (Å²) in [4.78, 5) is 8.73. The molecule has 0 radical (unpaired) electrons. The first kappa shape index (κ1) is 10.7. The first-order chi connectivity index (χ1) is 8.92. The van der Waals surface area contributed by atoms with E-state index in [4.69, 9.17) is 0 Å². The van der Waals surface area contributed by atoms with Crippen LogP contribution in [0.2, 0.25) is 0 Å². The molecule has 0 N–H and O–H groups in total. The Kier molecular flexibility index (Phi) is 2.84. The minimum atomic E-state index is 0.962. The van der Waals surface area contributed by atoms with Gasteiger partial charge in [0.25, 0.3) is 0 Å². The summed E-state index contributed by atoms with van der Waals surface area (Å²) in [5.41, 5.74) is 3.05. The van der Waals surface area contributed by atoms with Crippen molar-refractivity contribution in [2.24, 2.45) is 4.99 Å². The van der Waals surface area contributed by atoms with E-state index < -0.39 is 0 Å². The van der Waals surface area contributed by atoms with Crippen molar-refractivity contribution in [2.45, 2.75) is 0 Å². The number of fused-ring (bicyclic) bond motifs is 1. The maximum absolute atomic E-state index is 4.44. The summed E-state index contributed by atoms with van der Waals surface area (Å²) in [6, 6.07) is 20.1. The lowest BCUT2D eigenvalue weighted by Crippen LogP contribution is -1.83. The Labute approximate surface area is 106 Å². The van der Waals surface area contributed by atoms with Gasteiger partial charge < -0.3 is 0 Å². The second-order valence-electron chi connectivity index (χ2n) is 4.05. The Morgan fingerprint density at radius 1 is 0.889 bits per heavy atom. The van der Waals surface area contributed by atoms with E-state index in [-0.39, 0.29) is 0 Å². The molecule has 2 heteroatoms. The van der Waals surface area contributed by atoms with Crippen LogP contribution in [0.25, 0.3) is 10.9 Å². The van der Waals surface area contributed by atoms with Crippen LogP contribution < -0.4 is 0 Å². The van der Waals surface area contributed by atoms with E-state index >= 15 is 0 Å². The predicted octanol–water partition coefficient (Wildman–Crippen LogP) is 3.99. The van der Waals surface area contributed by atoms with Gasteiger partial charge in [0.15, 0.2) is 0 Å². The molecule has 1 heterocycles. The highest BCUT2D eigenvalue weighted by Gasteiger charge is 1.94. The Hall–Kier alpha value is -2.48. The van der Waals surface area contributed by atoms with E-state index in [0.717, 1.165) is 22.2 Å². The summed E-state index contributed by atoms with van der Waals surface area (Å²) in [6.07, 6.45) is 3.68. The summed E-state index contributed by atoms with van der Waals surface area (Å²) in [5.74, 6) is 0. The third kappa shape index (κ3) is 2.28. The van der Waals surface area contributed by atoms with Crippen molar-refractivity contribution >= 4 is 22.8 Å². The first-order valence-corrected chi connectivity index (χ1v) is 5.86. The molecule has 2 aromatic carbocycles. The van der Waals surface area contributed by atoms with Crippen LogP contribution in [0.3, 0.4) is 0 Å². The standard InChI is InChI=1S/C16H12N2/c1-2-6-15(7-3-1)18-12-13-8-9-16-14(11-13)5-4-10-17-16/h1-12H. The fourth-order valence-corrected chi connectivity index (χ4v) is 1.84. The normalized spacial score (nSPS) is 11.1. The number of aliphatic imine (C=N–C) groups is 1. The summed E-state index contributed by atoms with van der Waals surface area (Å²) in [6.45, 7) is 0. The quantitative estimate of drug-likeness (QED) is 0.613. The molecule has 3 rings (SSSR count). The van der Waals surface area contributed by atoms with Gasteiger partial charge in [-0.15, -0.1) is 0 Å². The number of pyridine rings is 1. The van der Waals surface area contributed by atoms with Gasteiger partial charge in [-0.3, -0.25) is 9.98 Å². The summed E-state index contributed by atoms with van der Waals surface area (Å²) >= 11 is 0. The molecule has 2 nitrogen and oxygen atoms in total. The lowest BCUT2D eigenvalue weighted by molar-refractivity contribution is 1.41. The van der Waals surface area contributed by atoms with Crippen LogP contribution in [0, 0.1) is 0 Å². The fourth-order valence-electron chi connectivity index (χ4n) is 1.84. The zero-order valence-electron chi connectivity index (χ0n) is 9.82. The lowest BCUT2D eigenvalue weighted by atomic mass is 10.1. The van der Waals surface area contributed by atoms with E-state index in [0.29, 0.717) is 0 Å². The van der Waals surface area contributed by atoms with Crippen molar-refractivity contribution in [2.75, 3.05) is 0 Å². The molecule has 0 aliphatic heterocycles. The largest absolute Gasteiger partial charge is 0.256 e. The minimum absolute atomic E-state index is 0.962. The zero-order chi connectivity index (χ0) is 12.2. The average molecular weight is 232 g/mol. The van der Waals surface area contributed by atoms with E-state index in [2.05, 4.69) is 22.1 Å². The van der Waals surface area contributed by atoms with Gasteiger partial charge in [0, 0.05) is 17.8 Å². The molecule has 0 unspecified atom stereocenters. The van der Waals surface area contributed by atoms with E-state index in [9.17, 15) is 0 Å². The van der Waals surface area contributed by atoms with Gasteiger partial charge in [0.1, 0.15) is 0 Å². The first-order valence-electron chi connectivity index (χ1n) is 5.86. The molecule has 3 aromatic rings. The molecule has 1 aromatic heterocycles. The van der Waals surface area contributed by atoms with E-state index in [1.807, 2.05) is 54.7 Å². The molecular weight excluding hydrogens is 220 g/mol. The Bertz CT molecular complexity index is 688. The van der Waals surface area contributed by atoms with Crippen molar-refractivity contribution < 1.29 is 0 Å². The maximum Gasteiger partial charge on any atom is 0.0702 e. The Balaban J connectivity index is 1.93. The number of rotatable bonds is 2. The third-order valence-electron chi connectivity index (χ3n) is 2.75. The van der Waals surface area contributed by atoms with E-state index in [1.54, 1.807) is 6.20 Å². The van der Waals surface area contributed by atoms with Crippen LogP contribution in [0.1, 0.15) is 5.56 Å². The molecule has 0 spiro atoms. The summed E-state index contributed by atoms with van der Waals surface area (Å²) in [5, 5.41) is 1.13. The molecule has 18 heavy (non-hydrogen) atoms. The number of hydrogen-bond acceptors (Lipinski definition) is 2. The number of hydrogen-bond donors (Lipinski definition) is 0. The third-order valence-corrected chi connectivity index (χ3v) is 2.75. The van der Waals surface area contributed by atoms with Gasteiger partial charge in [0.05, 0.1) is 11.2 Å². The van der Waals surface area contributed by atoms with Gasteiger partial charge in [0.2, 0.25) is 0 Å². The monoisotopic (exact) mass is 232 g/mol. The average Bonchev–Trinajstić information content (AvgIpc) is 2.46. The molecule has 0 atom stereocenters. The smallest absolute Gasteiger partial charge is 0.0702 e. The van der Waals surface area contributed by atoms with Crippen molar-refractivity contribution in [3.05, 3.63) is 72.4 Å². The number of aromatic nitrogens is 1. The van der Waals surface area contributed by atoms with Crippen LogP contribution in [-0.4, -0.2) is 11.2 Å². The molecule has 0 saturated carbocycles. The number of benzene rings is 2. The molecule has 0 amide bonds. The van der Waals surface area contributed by atoms with Crippen molar-refractivity contribution in [1.82, 2.24) is 4.98 Å². The number of para-hydroxylation sites is 1. The highest BCUT2D eigenvalue weighted by Crippen LogP contribution is 2.14. The summed E-state index contributed by atoms with van der Waals surface area (Å²) < 4.78 is 0. The molecular formula is C16H12N2.